The molecule has 0 fully saturated rings. The minimum absolute atomic E-state index is 0.0863. The van der Waals surface area contributed by atoms with Crippen molar-refractivity contribution in [1.82, 2.24) is 9.13 Å². The second kappa shape index (κ2) is 29.7. The number of para-hydroxylation sites is 8. The SMILES string of the molecule is Cc1ccc(N2c3ccc(C)cc3B3c4ccc(N(c5ccccc5)c5cccc6c7cc(-c8ccc9c%10c8N(c8ccccc8)c8cc(N(c%11ccccc%11)c%11cccc%12c%13ccccc%13n(-c%13ccccc%13)c%11%12)ccc8B%10c8cc(C)ccc8N9c8ccc(C)cc8)ccc7n(-c7ccccc7)c56)cc4N(c4ccc(-c5ccccc5)cc4)c4cccc2c43)cc1. The van der Waals surface area contributed by atoms with Crippen molar-refractivity contribution in [1.29, 1.82) is 0 Å². The van der Waals surface area contributed by atoms with Crippen molar-refractivity contribution < 1.29 is 0 Å². The monoisotopic (exact) mass is 1630 g/mol. The van der Waals surface area contributed by atoms with Gasteiger partial charge in [-0.2, -0.15) is 0 Å². The van der Waals surface area contributed by atoms with Crippen LogP contribution in [-0.4, -0.2) is 22.6 Å². The van der Waals surface area contributed by atoms with Crippen LogP contribution >= 0.6 is 0 Å². The largest absolute Gasteiger partial charge is 0.311 e. The molecule has 0 amide bonds. The van der Waals surface area contributed by atoms with Crippen molar-refractivity contribution in [2.45, 2.75) is 27.7 Å². The highest BCUT2D eigenvalue weighted by atomic mass is 15.2. The molecule has 0 saturated carbocycles. The Balaban J connectivity index is 0.714. The summed E-state index contributed by atoms with van der Waals surface area (Å²) in [7, 11) is 0. The van der Waals surface area contributed by atoms with Gasteiger partial charge in [0, 0.05) is 124 Å². The zero-order chi connectivity index (χ0) is 84.9. The van der Waals surface area contributed by atoms with Crippen molar-refractivity contribution in [3.8, 4) is 33.6 Å². The van der Waals surface area contributed by atoms with Crippen LogP contribution in [0.3, 0.4) is 0 Å². The van der Waals surface area contributed by atoms with Crippen LogP contribution in [0.25, 0.3) is 77.2 Å². The summed E-state index contributed by atoms with van der Waals surface area (Å²) < 4.78 is 4.98. The van der Waals surface area contributed by atoms with E-state index in [4.69, 9.17) is 0 Å². The van der Waals surface area contributed by atoms with Gasteiger partial charge in [0.1, 0.15) is 0 Å². The van der Waals surface area contributed by atoms with Crippen LogP contribution in [0.5, 0.6) is 0 Å². The van der Waals surface area contributed by atoms with E-state index < -0.39 is 0 Å². The lowest BCUT2D eigenvalue weighted by Crippen LogP contribution is -2.61. The molecular weight excluding hydrogens is 1550 g/mol. The van der Waals surface area contributed by atoms with Crippen LogP contribution in [0.2, 0.25) is 0 Å². The average Bonchev–Trinajstić information content (AvgIpc) is 1.19. The fourth-order valence-corrected chi connectivity index (χ4v) is 21.5. The van der Waals surface area contributed by atoms with Gasteiger partial charge in [-0.25, -0.2) is 0 Å². The lowest BCUT2D eigenvalue weighted by Gasteiger charge is -2.45. The normalized spacial score (nSPS) is 12.8. The van der Waals surface area contributed by atoms with Gasteiger partial charge in [0.15, 0.2) is 0 Å². The molecule has 6 heterocycles. The van der Waals surface area contributed by atoms with E-state index in [2.05, 4.69) is 503 Å². The molecule has 0 bridgehead atoms. The van der Waals surface area contributed by atoms with Gasteiger partial charge >= 0.3 is 0 Å². The second-order valence-corrected chi connectivity index (χ2v) is 34.6. The van der Waals surface area contributed by atoms with Crippen LogP contribution < -0.4 is 62.2 Å². The van der Waals surface area contributed by atoms with Crippen molar-refractivity contribution in [3.05, 3.63) is 459 Å². The summed E-state index contributed by atoms with van der Waals surface area (Å²) in [6.07, 6.45) is 0. The standard InChI is InChI=1S/C118H84B2N8/c1-77-48-57-89(58-49-77)123-105-68-52-79(3)72-101(105)119-99-66-63-92(75-112(99)125(108-45-27-44-107(123)114(108)119)91-61-54-82(55-62-91)81-28-11-5-12-29-81)121(84-30-13-6-14-31-84)111-47-26-42-97-98-74-83(56-70-104(98)127(117(97)111)87-36-19-9-20-37-87)94-65-71-109-115-118(94)128(88-38-21-10-22-39-88)113-76-93(64-67-100(113)120(115)102-73-80(4)53-69-106(102)124(109)90-59-50-78(2)51-60-90)122(85-32-15-7-16-33-85)110-46-25-41-96-95-40-23-24-43-103(95)126(116(96)110)86-34-17-8-18-35-86/h5-76H,1-4H3. The molecule has 0 atom stereocenters. The number of hydrogen-bond donors (Lipinski definition) is 0. The fraction of sp³-hybridized carbons (Fsp3) is 0.0339. The van der Waals surface area contributed by atoms with Gasteiger partial charge in [-0.15, -0.1) is 0 Å². The number of aryl methyl sites for hydroxylation is 4. The van der Waals surface area contributed by atoms with Gasteiger partial charge in [-0.05, 0) is 259 Å². The number of fused-ring (bicyclic) bond motifs is 14. The molecule has 4 aliphatic rings. The molecule has 0 radical (unpaired) electrons. The van der Waals surface area contributed by atoms with E-state index >= 15 is 0 Å². The maximum Gasteiger partial charge on any atom is 0.252 e. The molecule has 0 aliphatic carbocycles. The fourth-order valence-electron chi connectivity index (χ4n) is 21.5. The first-order valence-corrected chi connectivity index (χ1v) is 44.4. The van der Waals surface area contributed by atoms with Crippen molar-refractivity contribution in [2.24, 2.45) is 0 Å². The summed E-state index contributed by atoms with van der Waals surface area (Å²) >= 11 is 0. The number of nitrogens with zero attached hydrogens (tertiary/aromatic N) is 8. The van der Waals surface area contributed by atoms with Crippen LogP contribution in [0, 0.1) is 27.7 Å². The first-order chi connectivity index (χ1) is 63.2. The molecule has 2 aromatic heterocycles. The van der Waals surface area contributed by atoms with E-state index in [9.17, 15) is 0 Å². The Morgan fingerprint density at radius 3 is 1.12 bits per heavy atom. The van der Waals surface area contributed by atoms with Gasteiger partial charge in [-0.3, -0.25) is 0 Å². The number of benzene rings is 19. The van der Waals surface area contributed by atoms with E-state index in [1.54, 1.807) is 0 Å². The lowest BCUT2D eigenvalue weighted by molar-refractivity contribution is 1.16. The average molecular weight is 1640 g/mol. The third-order valence-corrected chi connectivity index (χ3v) is 27.0. The molecule has 128 heavy (non-hydrogen) atoms. The molecule has 25 rings (SSSR count). The summed E-state index contributed by atoms with van der Waals surface area (Å²) in [5.41, 5.74) is 43.5. The molecule has 0 unspecified atom stereocenters. The molecule has 4 aliphatic heterocycles. The first kappa shape index (κ1) is 74.3. The zero-order valence-corrected chi connectivity index (χ0v) is 71.3. The van der Waals surface area contributed by atoms with Crippen molar-refractivity contribution in [3.63, 3.8) is 0 Å². The predicted molar refractivity (Wildman–Crippen MR) is 542 cm³/mol. The van der Waals surface area contributed by atoms with E-state index in [1.165, 1.54) is 94.0 Å². The van der Waals surface area contributed by atoms with E-state index in [0.29, 0.717) is 0 Å². The van der Waals surface area contributed by atoms with Gasteiger partial charge in [0.25, 0.3) is 13.4 Å². The maximum atomic E-state index is 2.61. The minimum atomic E-state index is -0.190. The van der Waals surface area contributed by atoms with E-state index in [1.807, 2.05) is 0 Å². The summed E-state index contributed by atoms with van der Waals surface area (Å²) in [5, 5.41) is 4.66. The summed E-state index contributed by atoms with van der Waals surface area (Å²) in [4.78, 5) is 15.2. The van der Waals surface area contributed by atoms with Gasteiger partial charge in [-0.1, -0.05) is 277 Å². The van der Waals surface area contributed by atoms with E-state index in [0.717, 1.165) is 141 Å². The molecule has 8 nitrogen and oxygen atoms in total. The van der Waals surface area contributed by atoms with Crippen molar-refractivity contribution in [2.75, 3.05) is 29.4 Å². The van der Waals surface area contributed by atoms with Crippen LogP contribution in [-0.2, 0) is 0 Å². The summed E-state index contributed by atoms with van der Waals surface area (Å²) in [5.74, 6) is 0. The topological polar surface area (TPSA) is 29.3 Å². The highest BCUT2D eigenvalue weighted by Crippen LogP contribution is 2.54. The smallest absolute Gasteiger partial charge is 0.252 e. The molecule has 19 aromatic carbocycles. The second-order valence-electron chi connectivity index (χ2n) is 34.6. The Bertz CT molecular complexity index is 8000. The highest BCUT2D eigenvalue weighted by Gasteiger charge is 2.47. The quantitative estimate of drug-likeness (QED) is 0.101. The third kappa shape index (κ3) is 11.7. The van der Waals surface area contributed by atoms with Gasteiger partial charge in [0.2, 0.25) is 0 Å². The molecule has 0 spiro atoms. The Hall–Kier alpha value is -16.3. The molecule has 10 heteroatoms. The predicted octanol–water partition coefficient (Wildman–Crippen LogP) is 27.6. The third-order valence-electron chi connectivity index (χ3n) is 27.0. The Labute approximate surface area is 746 Å². The van der Waals surface area contributed by atoms with Crippen LogP contribution in [0.15, 0.2) is 437 Å². The number of hydrogen-bond acceptors (Lipinski definition) is 6. The molecule has 602 valence electrons. The van der Waals surface area contributed by atoms with Gasteiger partial charge in [0.05, 0.1) is 39.1 Å². The van der Waals surface area contributed by atoms with Gasteiger partial charge < -0.3 is 38.5 Å². The maximum absolute atomic E-state index is 2.61. The van der Waals surface area contributed by atoms with Crippen LogP contribution in [0.4, 0.5) is 102 Å². The van der Waals surface area contributed by atoms with Crippen molar-refractivity contribution >= 4 is 192 Å². The molecular formula is C118H84B2N8. The molecule has 0 N–H and O–H groups in total. The minimum Gasteiger partial charge on any atom is -0.311 e. The number of anilines is 18. The van der Waals surface area contributed by atoms with Crippen LogP contribution in [0.1, 0.15) is 22.3 Å². The summed E-state index contributed by atoms with van der Waals surface area (Å²) in [6, 6.07) is 164. The lowest BCUT2D eigenvalue weighted by atomic mass is 9.33. The number of aromatic nitrogens is 2. The molecule has 0 saturated heterocycles. The van der Waals surface area contributed by atoms with E-state index in [-0.39, 0.29) is 13.4 Å². The Morgan fingerprint density at radius 1 is 0.211 bits per heavy atom. The first-order valence-electron chi connectivity index (χ1n) is 44.4. The Kier molecular flexibility index (Phi) is 17.3. The zero-order valence-electron chi connectivity index (χ0n) is 71.3. The highest BCUT2D eigenvalue weighted by molar-refractivity contribution is 7.01. The molecule has 21 aromatic rings. The Morgan fingerprint density at radius 2 is 0.594 bits per heavy atom. The number of rotatable bonds is 14. The summed E-state index contributed by atoms with van der Waals surface area (Å²) in [6.45, 7) is 8.57.